The number of hydrogen-bond acceptors (Lipinski definition) is 1. The monoisotopic (exact) mass is 495 g/mol. The second-order valence-electron chi connectivity index (χ2n) is 5.15. The molecule has 0 saturated carbocycles. The number of ether oxygens (including phenoxy) is 1. The van der Waals surface area contributed by atoms with Gasteiger partial charge in [-0.3, -0.25) is 5.92 Å². The molecule has 1 aromatic carbocycles. The Kier molecular flexibility index (Phi) is 19.7. The maximum atomic E-state index is 6.94. The molecule has 0 aromatic heterocycles. The zero-order valence-electron chi connectivity index (χ0n) is 14.3. The second-order valence-corrected chi connectivity index (χ2v) is 5.15. The van der Waals surface area contributed by atoms with Crippen LogP contribution < -0.4 is 4.74 Å². The summed E-state index contributed by atoms with van der Waals surface area (Å²) >= 11 is 0. The van der Waals surface area contributed by atoms with Crippen molar-refractivity contribution in [2.75, 3.05) is 13.2 Å². The zero-order chi connectivity index (χ0) is 16.5. The molecule has 3 heteroatoms. The molecule has 2 nitrogen and oxygen atoms in total. The van der Waals surface area contributed by atoms with E-state index in [0.717, 1.165) is 30.8 Å². The Hall–Kier alpha value is -1.19. The van der Waals surface area contributed by atoms with Crippen molar-refractivity contribution in [3.8, 4) is 11.7 Å². The molecule has 0 amide bonds. The minimum absolute atomic E-state index is 0. The molecule has 0 spiro atoms. The fourth-order valence-corrected chi connectivity index (χ4v) is 1.79. The molecule has 0 N–H and O–H groups in total. The van der Waals surface area contributed by atoms with E-state index >= 15 is 0 Å². The minimum Gasteiger partial charge on any atom is -0.494 e. The van der Waals surface area contributed by atoms with Gasteiger partial charge in [0.1, 0.15) is 5.75 Å². The van der Waals surface area contributed by atoms with Crippen LogP contribution in [0.25, 0.3) is 4.85 Å². The van der Waals surface area contributed by atoms with Crippen LogP contribution in [0.4, 0.5) is 0 Å². The van der Waals surface area contributed by atoms with Crippen LogP contribution in [0.1, 0.15) is 64.4 Å². The molecule has 0 fully saturated rings. The molecule has 0 aliphatic rings. The van der Waals surface area contributed by atoms with Crippen LogP contribution in [0, 0.1) is 18.9 Å². The van der Waals surface area contributed by atoms with Gasteiger partial charge in [0.25, 0.3) is 0 Å². The van der Waals surface area contributed by atoms with E-state index in [1.165, 1.54) is 32.1 Å². The molecule has 0 bridgehead atoms. The minimum atomic E-state index is 0. The first-order valence-electron chi connectivity index (χ1n) is 8.27. The fraction of sp³-hybridized carbons (Fsp3) is 0.550. The van der Waals surface area contributed by atoms with Crippen molar-refractivity contribution in [3.63, 3.8) is 0 Å². The number of unbranched alkanes of at least 4 members (excludes halogenated alkanes) is 5. The van der Waals surface area contributed by atoms with Crippen LogP contribution in [0.5, 0.6) is 5.75 Å². The van der Waals surface area contributed by atoms with Gasteiger partial charge in [0.05, 0.1) is 6.61 Å². The quantitative estimate of drug-likeness (QED) is 0.186. The van der Waals surface area contributed by atoms with Gasteiger partial charge in [-0.2, -0.15) is 0 Å². The number of nitrogens with zero attached hydrogens (tertiary/aromatic N) is 1. The molecule has 0 saturated heterocycles. The molecule has 131 valence electrons. The van der Waals surface area contributed by atoms with Crippen molar-refractivity contribution in [2.24, 2.45) is 0 Å². The topological polar surface area (TPSA) is 13.6 Å². The van der Waals surface area contributed by atoms with Crippen LogP contribution in [0.3, 0.4) is 0 Å². The van der Waals surface area contributed by atoms with Gasteiger partial charge < -0.3 is 16.0 Å². The van der Waals surface area contributed by atoms with Crippen LogP contribution in [0.15, 0.2) is 24.3 Å². The van der Waals surface area contributed by atoms with E-state index < -0.39 is 0 Å². The van der Waals surface area contributed by atoms with Gasteiger partial charge in [-0.1, -0.05) is 39.5 Å². The summed E-state index contributed by atoms with van der Waals surface area (Å²) in [5.41, 5.74) is 0.785. The summed E-state index contributed by atoms with van der Waals surface area (Å²) in [6.07, 6.45) is 15.3. The molecule has 1 radical (unpaired) electrons. The van der Waals surface area contributed by atoms with Gasteiger partial charge in [0, 0.05) is 28.8 Å². The Morgan fingerprint density at radius 3 is 2.09 bits per heavy atom. The first kappa shape index (κ1) is 24.1. The van der Waals surface area contributed by atoms with Gasteiger partial charge in [-0.05, 0) is 25.0 Å². The smallest absolute Gasteiger partial charge is 0.214 e. The van der Waals surface area contributed by atoms with Gasteiger partial charge in [-0.15, -0.1) is 17.7 Å². The summed E-state index contributed by atoms with van der Waals surface area (Å²) in [7, 11) is 0. The zero-order valence-corrected chi connectivity index (χ0v) is 16.5. The fourth-order valence-electron chi connectivity index (χ4n) is 1.79. The molecule has 0 aliphatic carbocycles. The molecule has 1 rings (SSSR count). The van der Waals surface area contributed by atoms with E-state index in [1.54, 1.807) is 0 Å². The van der Waals surface area contributed by atoms with Crippen LogP contribution in [-0.4, -0.2) is 13.2 Å². The summed E-state index contributed by atoms with van der Waals surface area (Å²) < 4.78 is 5.56. The van der Waals surface area contributed by atoms with Crippen molar-refractivity contribution < 1.29 is 27.1 Å². The molecule has 23 heavy (non-hydrogen) atoms. The third-order valence-electron chi connectivity index (χ3n) is 3.14. The molecule has 0 aliphatic heterocycles. The standard InChI is InChI=1S/C14H17O.C6H11N.Au/c1-3-5-6-7-12-15-14-10-8-13(4-2)9-11-14;1-3-4-5-6-7-2;/h8-11H,3,5-7,12H2,1H3;3-6H2,1H3;/q-1;;. The Bertz CT molecular complexity index is 442. The van der Waals surface area contributed by atoms with Gasteiger partial charge in [0.2, 0.25) is 6.54 Å². The predicted molar refractivity (Wildman–Crippen MR) is 93.3 cm³/mol. The van der Waals surface area contributed by atoms with Crippen molar-refractivity contribution in [1.29, 1.82) is 0 Å². The molecule has 1 aromatic rings. The maximum Gasteiger partial charge on any atom is 0.214 e. The Morgan fingerprint density at radius 1 is 0.957 bits per heavy atom. The van der Waals surface area contributed by atoms with E-state index in [9.17, 15) is 0 Å². The number of benzene rings is 1. The van der Waals surface area contributed by atoms with Crippen molar-refractivity contribution >= 4 is 0 Å². The summed E-state index contributed by atoms with van der Waals surface area (Å²) in [5, 5.41) is 0. The van der Waals surface area contributed by atoms with Crippen molar-refractivity contribution in [2.45, 2.75) is 58.8 Å². The van der Waals surface area contributed by atoms with Gasteiger partial charge in [0.15, 0.2) is 0 Å². The Balaban J connectivity index is 0. The first-order chi connectivity index (χ1) is 10.8. The van der Waals surface area contributed by atoms with E-state index in [-0.39, 0.29) is 22.4 Å². The average Bonchev–Trinajstić information content (AvgIpc) is 2.56. The van der Waals surface area contributed by atoms with Crippen molar-refractivity contribution in [3.05, 3.63) is 47.7 Å². The Labute approximate surface area is 158 Å². The second kappa shape index (κ2) is 18.9. The molecule has 0 atom stereocenters. The van der Waals surface area contributed by atoms with Crippen LogP contribution >= 0.6 is 0 Å². The molecular formula is C20H28AuNO-. The third kappa shape index (κ3) is 15.5. The van der Waals surface area contributed by atoms with E-state index in [0.29, 0.717) is 6.54 Å². The van der Waals surface area contributed by atoms with E-state index in [4.69, 9.17) is 17.7 Å². The molecule has 0 heterocycles. The van der Waals surface area contributed by atoms with Crippen LogP contribution in [0.2, 0.25) is 0 Å². The van der Waals surface area contributed by atoms with E-state index in [2.05, 4.69) is 24.6 Å². The number of hydrogen-bond donors (Lipinski definition) is 0. The predicted octanol–water partition coefficient (Wildman–Crippen LogP) is 5.68. The summed E-state index contributed by atoms with van der Waals surface area (Å²) in [6.45, 7) is 12.3. The largest absolute Gasteiger partial charge is 0.494 e. The van der Waals surface area contributed by atoms with Crippen molar-refractivity contribution in [1.82, 2.24) is 0 Å². The maximum absolute atomic E-state index is 6.94. The van der Waals surface area contributed by atoms with E-state index in [1.807, 2.05) is 24.3 Å². The summed E-state index contributed by atoms with van der Waals surface area (Å²) in [5.74, 6) is 3.21. The third-order valence-corrected chi connectivity index (χ3v) is 3.14. The van der Waals surface area contributed by atoms with Gasteiger partial charge >= 0.3 is 0 Å². The Morgan fingerprint density at radius 2 is 1.57 bits per heavy atom. The first-order valence-corrected chi connectivity index (χ1v) is 8.27. The SMILES string of the molecule is [Au].[C-]#Cc1ccc(OCCCCCC)cc1.[C-]#[N+]CCCCC. The molecular weight excluding hydrogens is 467 g/mol. The van der Waals surface area contributed by atoms with Gasteiger partial charge in [-0.25, -0.2) is 6.57 Å². The average molecular weight is 495 g/mol. The number of rotatable bonds is 9. The normalized spacial score (nSPS) is 8.70. The molecule has 0 unspecified atom stereocenters. The van der Waals surface area contributed by atoms with Crippen LogP contribution in [-0.2, 0) is 22.4 Å². The summed E-state index contributed by atoms with van der Waals surface area (Å²) in [6, 6.07) is 7.45. The summed E-state index contributed by atoms with van der Waals surface area (Å²) in [4.78, 5) is 3.22.